The van der Waals surface area contributed by atoms with Crippen LogP contribution in [0.15, 0.2) is 30.5 Å². The zero-order valence-corrected chi connectivity index (χ0v) is 14.7. The number of ether oxygens (including phenoxy) is 2. The Kier molecular flexibility index (Phi) is 4.71. The maximum atomic E-state index is 12.7. The van der Waals surface area contributed by atoms with E-state index >= 15 is 0 Å². The number of aromatic nitrogens is 2. The Hall–Kier alpha value is -2.67. The molecule has 0 bridgehead atoms. The van der Waals surface area contributed by atoms with Crippen LogP contribution in [0.3, 0.4) is 0 Å². The van der Waals surface area contributed by atoms with Crippen LogP contribution in [0.4, 0.5) is 5.82 Å². The Morgan fingerprint density at radius 2 is 2.15 bits per heavy atom. The van der Waals surface area contributed by atoms with Gasteiger partial charge in [0.15, 0.2) is 0 Å². The van der Waals surface area contributed by atoms with Gasteiger partial charge in [-0.25, -0.2) is 9.97 Å². The fraction of sp³-hybridized carbons (Fsp3) is 0.421. The highest BCUT2D eigenvalue weighted by atomic mass is 16.5. The molecule has 2 N–H and O–H groups in total. The summed E-state index contributed by atoms with van der Waals surface area (Å²) in [6, 6.07) is 7.36. The van der Waals surface area contributed by atoms with Crippen molar-refractivity contribution in [2.24, 2.45) is 0 Å². The van der Waals surface area contributed by atoms with E-state index in [0.29, 0.717) is 31.2 Å². The number of carbonyl (C=O) groups excluding carboxylic acids is 1. The molecule has 3 heterocycles. The number of fused-ring (bicyclic) bond motifs is 1. The lowest BCUT2D eigenvalue weighted by molar-refractivity contribution is 0.0620. The van der Waals surface area contributed by atoms with Crippen molar-refractivity contribution < 1.29 is 14.3 Å². The molecule has 2 aromatic rings. The Labute approximate surface area is 152 Å². The van der Waals surface area contributed by atoms with Crippen molar-refractivity contribution in [3.63, 3.8) is 0 Å². The fourth-order valence-corrected chi connectivity index (χ4v) is 3.36. The molecule has 0 unspecified atom stereocenters. The SMILES string of the molecule is Cc1nccc(N[C@@H]2COCC[C@@H]2NC(=O)c2ccc3c(c2)CCO3)n1. The zero-order chi connectivity index (χ0) is 17.9. The molecular formula is C19H22N4O3. The smallest absolute Gasteiger partial charge is 0.251 e. The lowest BCUT2D eigenvalue weighted by Gasteiger charge is -2.33. The van der Waals surface area contributed by atoms with Crippen LogP contribution in [0.25, 0.3) is 0 Å². The van der Waals surface area contributed by atoms with Gasteiger partial charge in [-0.05, 0) is 43.2 Å². The van der Waals surface area contributed by atoms with Crippen LogP contribution in [0, 0.1) is 6.92 Å². The number of amides is 1. The molecule has 0 saturated carbocycles. The third kappa shape index (κ3) is 3.62. The van der Waals surface area contributed by atoms with Gasteiger partial charge >= 0.3 is 0 Å². The average molecular weight is 354 g/mol. The summed E-state index contributed by atoms with van der Waals surface area (Å²) in [6.45, 7) is 3.68. The van der Waals surface area contributed by atoms with Crippen molar-refractivity contribution in [1.29, 1.82) is 0 Å². The molecule has 1 amide bonds. The van der Waals surface area contributed by atoms with Crippen LogP contribution >= 0.6 is 0 Å². The summed E-state index contributed by atoms with van der Waals surface area (Å²) in [5.74, 6) is 2.25. The lowest BCUT2D eigenvalue weighted by atomic mass is 10.0. The number of benzene rings is 1. The van der Waals surface area contributed by atoms with Crippen molar-refractivity contribution >= 4 is 11.7 Å². The minimum absolute atomic E-state index is 0.0315. The molecule has 136 valence electrons. The maximum Gasteiger partial charge on any atom is 0.251 e. The lowest BCUT2D eigenvalue weighted by Crippen LogP contribution is -2.52. The second-order valence-electron chi connectivity index (χ2n) is 6.60. The van der Waals surface area contributed by atoms with Gasteiger partial charge in [0.2, 0.25) is 0 Å². The fourth-order valence-electron chi connectivity index (χ4n) is 3.36. The van der Waals surface area contributed by atoms with Gasteiger partial charge in [0.1, 0.15) is 17.4 Å². The van der Waals surface area contributed by atoms with E-state index in [9.17, 15) is 4.79 Å². The normalized spacial score (nSPS) is 21.6. The first-order valence-corrected chi connectivity index (χ1v) is 8.89. The molecule has 2 aliphatic rings. The summed E-state index contributed by atoms with van der Waals surface area (Å²) in [4.78, 5) is 21.2. The molecule has 1 aromatic carbocycles. The van der Waals surface area contributed by atoms with E-state index in [4.69, 9.17) is 9.47 Å². The molecule has 0 aliphatic carbocycles. The Morgan fingerprint density at radius 3 is 3.04 bits per heavy atom. The van der Waals surface area contributed by atoms with E-state index in [1.807, 2.05) is 31.2 Å². The van der Waals surface area contributed by atoms with Gasteiger partial charge in [-0.3, -0.25) is 4.79 Å². The Morgan fingerprint density at radius 1 is 1.23 bits per heavy atom. The predicted molar refractivity (Wildman–Crippen MR) is 96.5 cm³/mol. The standard InChI is InChI=1S/C19H22N4O3/c1-12-20-7-4-18(21-12)22-16-11-25-8-6-15(16)23-19(24)14-2-3-17-13(10-14)5-9-26-17/h2-4,7,10,15-16H,5-6,8-9,11H2,1H3,(H,23,24)(H,20,21,22)/t15-,16+/m0/s1. The van der Waals surface area contributed by atoms with Gasteiger partial charge in [-0.2, -0.15) is 0 Å². The summed E-state index contributed by atoms with van der Waals surface area (Å²) in [7, 11) is 0. The minimum Gasteiger partial charge on any atom is -0.493 e. The van der Waals surface area contributed by atoms with Crippen molar-refractivity contribution in [3.8, 4) is 5.75 Å². The first-order chi connectivity index (χ1) is 12.7. The molecule has 1 fully saturated rings. The number of carbonyl (C=O) groups is 1. The third-order valence-corrected chi connectivity index (χ3v) is 4.73. The van der Waals surface area contributed by atoms with E-state index in [0.717, 1.165) is 30.0 Å². The summed E-state index contributed by atoms with van der Waals surface area (Å²) in [6.07, 6.45) is 3.32. The second kappa shape index (κ2) is 7.29. The number of nitrogens with zero attached hydrogens (tertiary/aromatic N) is 2. The zero-order valence-electron chi connectivity index (χ0n) is 14.7. The Balaban J connectivity index is 1.45. The minimum atomic E-state index is -0.0720. The number of aryl methyl sites for hydroxylation is 1. The molecular weight excluding hydrogens is 332 g/mol. The summed E-state index contributed by atoms with van der Waals surface area (Å²) in [5, 5.41) is 6.51. The third-order valence-electron chi connectivity index (χ3n) is 4.73. The van der Waals surface area contributed by atoms with Crippen LogP contribution in [-0.2, 0) is 11.2 Å². The quantitative estimate of drug-likeness (QED) is 0.870. The first-order valence-electron chi connectivity index (χ1n) is 8.89. The van der Waals surface area contributed by atoms with Crippen LogP contribution in [0.1, 0.15) is 28.2 Å². The van der Waals surface area contributed by atoms with Gasteiger partial charge in [0.05, 0.1) is 25.3 Å². The average Bonchev–Trinajstić information content (AvgIpc) is 3.11. The molecule has 4 rings (SSSR count). The van der Waals surface area contributed by atoms with E-state index in [-0.39, 0.29) is 18.0 Å². The van der Waals surface area contributed by atoms with Gasteiger partial charge < -0.3 is 20.1 Å². The van der Waals surface area contributed by atoms with Crippen molar-refractivity contribution in [2.45, 2.75) is 31.8 Å². The van der Waals surface area contributed by atoms with Gasteiger partial charge in [-0.15, -0.1) is 0 Å². The second-order valence-corrected chi connectivity index (χ2v) is 6.60. The van der Waals surface area contributed by atoms with E-state index < -0.39 is 0 Å². The summed E-state index contributed by atoms with van der Waals surface area (Å²) < 4.78 is 11.1. The van der Waals surface area contributed by atoms with E-state index in [1.54, 1.807) is 6.20 Å². The highest BCUT2D eigenvalue weighted by molar-refractivity contribution is 5.95. The van der Waals surface area contributed by atoms with E-state index in [1.165, 1.54) is 0 Å². The summed E-state index contributed by atoms with van der Waals surface area (Å²) >= 11 is 0. The largest absolute Gasteiger partial charge is 0.493 e. The molecule has 26 heavy (non-hydrogen) atoms. The highest BCUT2D eigenvalue weighted by Crippen LogP contribution is 2.26. The highest BCUT2D eigenvalue weighted by Gasteiger charge is 2.28. The molecule has 0 radical (unpaired) electrons. The topological polar surface area (TPSA) is 85.4 Å². The van der Waals surface area contributed by atoms with Gasteiger partial charge in [0, 0.05) is 24.8 Å². The monoisotopic (exact) mass is 354 g/mol. The number of anilines is 1. The summed E-state index contributed by atoms with van der Waals surface area (Å²) in [5.41, 5.74) is 1.76. The molecule has 1 aromatic heterocycles. The van der Waals surface area contributed by atoms with E-state index in [2.05, 4.69) is 20.6 Å². The first kappa shape index (κ1) is 16.8. The Bertz CT molecular complexity index is 811. The van der Waals surface area contributed by atoms with Crippen molar-refractivity contribution in [1.82, 2.24) is 15.3 Å². The molecule has 2 atom stereocenters. The molecule has 0 spiro atoms. The number of rotatable bonds is 4. The molecule has 7 heteroatoms. The number of nitrogens with one attached hydrogen (secondary N) is 2. The van der Waals surface area contributed by atoms with Gasteiger partial charge in [-0.1, -0.05) is 0 Å². The van der Waals surface area contributed by atoms with Crippen LogP contribution < -0.4 is 15.4 Å². The van der Waals surface area contributed by atoms with Gasteiger partial charge in [0.25, 0.3) is 5.91 Å². The molecule has 1 saturated heterocycles. The maximum absolute atomic E-state index is 12.7. The van der Waals surface area contributed by atoms with Crippen molar-refractivity contribution in [2.75, 3.05) is 25.1 Å². The van der Waals surface area contributed by atoms with Crippen LogP contribution in [0.2, 0.25) is 0 Å². The van der Waals surface area contributed by atoms with Crippen molar-refractivity contribution in [3.05, 3.63) is 47.4 Å². The molecule has 7 nitrogen and oxygen atoms in total. The number of hydrogen-bond acceptors (Lipinski definition) is 6. The predicted octanol–water partition coefficient (Wildman–Crippen LogP) is 1.72. The van der Waals surface area contributed by atoms with Crippen LogP contribution in [0.5, 0.6) is 5.75 Å². The number of hydrogen-bond donors (Lipinski definition) is 2. The molecule has 2 aliphatic heterocycles. The van der Waals surface area contributed by atoms with Crippen LogP contribution in [-0.4, -0.2) is 47.8 Å².